The second kappa shape index (κ2) is 5.82. The summed E-state index contributed by atoms with van der Waals surface area (Å²) in [5.41, 5.74) is 2.76. The van der Waals surface area contributed by atoms with Crippen LogP contribution in [0.1, 0.15) is 5.56 Å². The van der Waals surface area contributed by atoms with Gasteiger partial charge in [-0.1, -0.05) is 48.0 Å². The highest BCUT2D eigenvalue weighted by Gasteiger charge is 2.24. The van der Waals surface area contributed by atoms with Crippen LogP contribution in [0.4, 0.5) is 0 Å². The summed E-state index contributed by atoms with van der Waals surface area (Å²) in [6.07, 6.45) is 1.57. The van der Waals surface area contributed by atoms with Crippen LogP contribution in [0.5, 0.6) is 0 Å². The van der Waals surface area contributed by atoms with Crippen LogP contribution < -0.4 is 0 Å². The molecule has 25 heavy (non-hydrogen) atoms. The Morgan fingerprint density at radius 1 is 0.880 bits per heavy atom. The van der Waals surface area contributed by atoms with Gasteiger partial charge in [0.25, 0.3) is 10.0 Å². The molecule has 0 amide bonds. The second-order valence-electron chi connectivity index (χ2n) is 5.75. The zero-order valence-corrected chi connectivity index (χ0v) is 14.3. The normalized spacial score (nSPS) is 11.7. The molecule has 0 N–H and O–H groups in total. The molecule has 0 atom stereocenters. The van der Waals surface area contributed by atoms with Crippen molar-refractivity contribution in [2.24, 2.45) is 0 Å². The number of benzene rings is 2. The average Bonchev–Trinajstić information content (AvgIpc) is 3.03. The van der Waals surface area contributed by atoms with Crippen LogP contribution in [-0.4, -0.2) is 22.6 Å². The number of aromatic nitrogens is 3. The van der Waals surface area contributed by atoms with Crippen molar-refractivity contribution in [1.29, 1.82) is 0 Å². The third kappa shape index (κ3) is 2.60. The van der Waals surface area contributed by atoms with Crippen LogP contribution in [0.15, 0.2) is 77.8 Å². The SMILES string of the molecule is Cc1ccc(S(=O)(=O)n2nc(-c3ccccc3)c3cccnc32)cc1. The summed E-state index contributed by atoms with van der Waals surface area (Å²) in [4.78, 5) is 4.45. The monoisotopic (exact) mass is 349 g/mol. The summed E-state index contributed by atoms with van der Waals surface area (Å²) in [5, 5.41) is 5.09. The van der Waals surface area contributed by atoms with Gasteiger partial charge >= 0.3 is 0 Å². The van der Waals surface area contributed by atoms with E-state index in [1.807, 2.05) is 43.3 Å². The van der Waals surface area contributed by atoms with Gasteiger partial charge in [0.15, 0.2) is 5.65 Å². The quantitative estimate of drug-likeness (QED) is 0.566. The van der Waals surface area contributed by atoms with Crippen molar-refractivity contribution in [3.8, 4) is 11.3 Å². The standard InChI is InChI=1S/C19H15N3O2S/c1-14-9-11-16(12-10-14)25(23,24)22-19-17(8-5-13-20-19)18(21-22)15-6-3-2-4-7-15/h2-13H,1H3. The van der Waals surface area contributed by atoms with E-state index in [9.17, 15) is 8.42 Å². The zero-order chi connectivity index (χ0) is 17.4. The Hall–Kier alpha value is -2.99. The Labute approximate surface area is 145 Å². The molecule has 4 rings (SSSR count). The molecular weight excluding hydrogens is 334 g/mol. The molecule has 0 saturated heterocycles. The van der Waals surface area contributed by atoms with E-state index in [4.69, 9.17) is 0 Å². The second-order valence-corrected chi connectivity index (χ2v) is 7.52. The van der Waals surface area contributed by atoms with E-state index in [-0.39, 0.29) is 4.90 Å². The van der Waals surface area contributed by atoms with Gasteiger partial charge in [-0.3, -0.25) is 0 Å². The molecule has 0 fully saturated rings. The molecule has 6 heteroatoms. The lowest BCUT2D eigenvalue weighted by molar-refractivity contribution is 0.582. The van der Waals surface area contributed by atoms with Crippen LogP contribution in [0.3, 0.4) is 0 Å². The van der Waals surface area contributed by atoms with Crippen LogP contribution in [0.2, 0.25) is 0 Å². The number of fused-ring (bicyclic) bond motifs is 1. The van der Waals surface area contributed by atoms with Gasteiger partial charge in [-0.2, -0.15) is 13.5 Å². The van der Waals surface area contributed by atoms with Crippen LogP contribution in [0, 0.1) is 6.92 Å². The van der Waals surface area contributed by atoms with Gasteiger partial charge in [0.05, 0.1) is 4.90 Å². The van der Waals surface area contributed by atoms with Crippen molar-refractivity contribution < 1.29 is 8.42 Å². The Kier molecular flexibility index (Phi) is 3.62. The zero-order valence-electron chi connectivity index (χ0n) is 13.5. The first-order valence-corrected chi connectivity index (χ1v) is 9.23. The van der Waals surface area contributed by atoms with Crippen LogP contribution >= 0.6 is 0 Å². The molecule has 0 saturated carbocycles. The Bertz CT molecular complexity index is 1150. The van der Waals surface area contributed by atoms with E-state index < -0.39 is 10.0 Å². The largest absolute Gasteiger partial charge is 0.284 e. The first kappa shape index (κ1) is 15.5. The third-order valence-corrected chi connectivity index (χ3v) is 5.59. The third-order valence-electron chi connectivity index (χ3n) is 4.01. The maximum Gasteiger partial charge on any atom is 0.284 e. The van der Waals surface area contributed by atoms with Crippen LogP contribution in [-0.2, 0) is 10.0 Å². The van der Waals surface area contributed by atoms with E-state index in [0.29, 0.717) is 16.7 Å². The lowest BCUT2D eigenvalue weighted by atomic mass is 10.1. The Balaban J connectivity index is 1.98. The number of rotatable bonds is 3. The van der Waals surface area contributed by atoms with Crippen molar-refractivity contribution in [3.05, 3.63) is 78.5 Å². The summed E-state index contributed by atoms with van der Waals surface area (Å²) in [6.45, 7) is 1.91. The van der Waals surface area contributed by atoms with Crippen molar-refractivity contribution >= 4 is 21.1 Å². The smallest absolute Gasteiger partial charge is 0.236 e. The Morgan fingerprint density at radius 3 is 2.32 bits per heavy atom. The minimum atomic E-state index is -3.83. The summed E-state index contributed by atoms with van der Waals surface area (Å²) in [5.74, 6) is 0. The van der Waals surface area contributed by atoms with E-state index >= 15 is 0 Å². The number of aryl methyl sites for hydroxylation is 1. The summed E-state index contributed by atoms with van der Waals surface area (Å²) < 4.78 is 27.2. The molecule has 4 aromatic rings. The highest BCUT2D eigenvalue weighted by Crippen LogP contribution is 2.28. The predicted molar refractivity (Wildman–Crippen MR) is 96.7 cm³/mol. The molecule has 2 heterocycles. The highest BCUT2D eigenvalue weighted by molar-refractivity contribution is 7.90. The summed E-state index contributed by atoms with van der Waals surface area (Å²) >= 11 is 0. The molecular formula is C19H15N3O2S. The summed E-state index contributed by atoms with van der Waals surface area (Å²) in [7, 11) is -3.83. The lowest BCUT2D eigenvalue weighted by Crippen LogP contribution is -2.15. The minimum Gasteiger partial charge on any atom is -0.236 e. The van der Waals surface area contributed by atoms with Gasteiger partial charge in [0, 0.05) is 17.1 Å². The van der Waals surface area contributed by atoms with E-state index in [1.165, 1.54) is 0 Å². The average molecular weight is 349 g/mol. The molecule has 0 spiro atoms. The Morgan fingerprint density at radius 2 is 1.60 bits per heavy atom. The molecule has 0 aliphatic rings. The van der Waals surface area contributed by atoms with Crippen molar-refractivity contribution in [2.45, 2.75) is 11.8 Å². The fourth-order valence-corrected chi connectivity index (χ4v) is 3.96. The van der Waals surface area contributed by atoms with E-state index in [0.717, 1.165) is 15.2 Å². The fraction of sp³-hybridized carbons (Fsp3) is 0.0526. The van der Waals surface area contributed by atoms with E-state index in [2.05, 4.69) is 10.1 Å². The van der Waals surface area contributed by atoms with Gasteiger partial charge in [0.2, 0.25) is 0 Å². The molecule has 124 valence electrons. The highest BCUT2D eigenvalue weighted by atomic mass is 32.2. The van der Waals surface area contributed by atoms with Gasteiger partial charge in [-0.15, -0.1) is 4.09 Å². The topological polar surface area (TPSA) is 64.8 Å². The van der Waals surface area contributed by atoms with Gasteiger partial charge in [-0.25, -0.2) is 4.98 Å². The maximum absolute atomic E-state index is 13.1. The molecule has 0 bridgehead atoms. The van der Waals surface area contributed by atoms with Crippen molar-refractivity contribution in [1.82, 2.24) is 14.2 Å². The fourth-order valence-electron chi connectivity index (χ4n) is 2.71. The molecule has 5 nitrogen and oxygen atoms in total. The summed E-state index contributed by atoms with van der Waals surface area (Å²) in [6, 6.07) is 19.8. The number of pyridine rings is 1. The van der Waals surface area contributed by atoms with Gasteiger partial charge in [0.1, 0.15) is 5.69 Å². The molecule has 0 aliphatic carbocycles. The molecule has 2 aromatic heterocycles. The lowest BCUT2D eigenvalue weighted by Gasteiger charge is -2.05. The van der Waals surface area contributed by atoms with E-state index in [1.54, 1.807) is 36.5 Å². The van der Waals surface area contributed by atoms with Crippen molar-refractivity contribution in [2.75, 3.05) is 0 Å². The number of nitrogens with zero attached hydrogens (tertiary/aromatic N) is 3. The number of hydrogen-bond donors (Lipinski definition) is 0. The predicted octanol–water partition coefficient (Wildman–Crippen LogP) is 3.64. The van der Waals surface area contributed by atoms with Gasteiger partial charge in [-0.05, 0) is 31.2 Å². The van der Waals surface area contributed by atoms with Crippen molar-refractivity contribution in [3.63, 3.8) is 0 Å². The minimum absolute atomic E-state index is 0.188. The molecule has 0 unspecified atom stereocenters. The maximum atomic E-state index is 13.1. The number of hydrogen-bond acceptors (Lipinski definition) is 4. The first-order valence-electron chi connectivity index (χ1n) is 7.79. The molecule has 0 radical (unpaired) electrons. The molecule has 0 aliphatic heterocycles. The van der Waals surface area contributed by atoms with Gasteiger partial charge < -0.3 is 0 Å². The van der Waals surface area contributed by atoms with Crippen LogP contribution in [0.25, 0.3) is 22.3 Å². The first-order chi connectivity index (χ1) is 12.1. The molecule has 2 aromatic carbocycles.